The van der Waals surface area contributed by atoms with Crippen LogP contribution in [0.25, 0.3) is 0 Å². The number of halogens is 1. The van der Waals surface area contributed by atoms with Gasteiger partial charge in [-0.05, 0) is 42.0 Å². The van der Waals surface area contributed by atoms with E-state index < -0.39 is 10.0 Å². The molecule has 1 amide bonds. The van der Waals surface area contributed by atoms with E-state index in [0.717, 1.165) is 12.1 Å². The van der Waals surface area contributed by atoms with E-state index in [-0.39, 0.29) is 16.9 Å². The van der Waals surface area contributed by atoms with Crippen LogP contribution < -0.4 is 10.5 Å². The second kappa shape index (κ2) is 9.02. The molecule has 1 fully saturated rings. The van der Waals surface area contributed by atoms with E-state index in [9.17, 15) is 13.2 Å². The Morgan fingerprint density at radius 2 is 1.86 bits per heavy atom. The highest BCUT2D eigenvalue weighted by Gasteiger charge is 2.22. The monoisotopic (exact) mass is 423 g/mol. The third-order valence-corrected chi connectivity index (χ3v) is 5.70. The molecule has 7 nitrogen and oxygen atoms in total. The van der Waals surface area contributed by atoms with Crippen LogP contribution in [0.4, 0.5) is 5.69 Å². The maximum Gasteiger partial charge on any atom is 0.238 e. The fourth-order valence-electron chi connectivity index (χ4n) is 3.00. The van der Waals surface area contributed by atoms with Crippen LogP contribution in [0, 0.1) is 0 Å². The zero-order valence-electron chi connectivity index (χ0n) is 15.2. The summed E-state index contributed by atoms with van der Waals surface area (Å²) in [4.78, 5) is 14.4. The fraction of sp³-hybridized carbons (Fsp3) is 0.316. The standard InChI is InChI=1S/C19H22ClN3O4S/c20-15-3-1-14(2-4-15)18-13-23(11-12-27-18)10-9-19(24)22-16-5-7-17(8-6-16)28(21,25)26/h1-8,18H,9-13H2,(H,22,24)(H2,21,25,26)/t18-/m1/s1. The Labute approximate surface area is 169 Å². The van der Waals surface area contributed by atoms with Crippen LogP contribution in [-0.2, 0) is 19.6 Å². The van der Waals surface area contributed by atoms with Crippen LogP contribution in [0.5, 0.6) is 0 Å². The molecule has 1 aliphatic rings. The van der Waals surface area contributed by atoms with E-state index >= 15 is 0 Å². The molecule has 28 heavy (non-hydrogen) atoms. The minimum Gasteiger partial charge on any atom is -0.371 e. The summed E-state index contributed by atoms with van der Waals surface area (Å²) in [5.74, 6) is -0.141. The number of benzene rings is 2. The number of nitrogens with one attached hydrogen (secondary N) is 1. The molecule has 0 bridgehead atoms. The van der Waals surface area contributed by atoms with E-state index in [0.29, 0.717) is 36.8 Å². The van der Waals surface area contributed by atoms with Gasteiger partial charge < -0.3 is 10.1 Å². The van der Waals surface area contributed by atoms with Crippen molar-refractivity contribution in [2.75, 3.05) is 31.6 Å². The summed E-state index contributed by atoms with van der Waals surface area (Å²) in [6, 6.07) is 13.4. The lowest BCUT2D eigenvalue weighted by Crippen LogP contribution is -2.39. The number of sulfonamides is 1. The van der Waals surface area contributed by atoms with Crippen molar-refractivity contribution in [3.8, 4) is 0 Å². The molecule has 150 valence electrons. The number of anilines is 1. The molecule has 1 heterocycles. The predicted molar refractivity (Wildman–Crippen MR) is 108 cm³/mol. The molecule has 2 aromatic carbocycles. The first-order valence-corrected chi connectivity index (χ1v) is 10.8. The largest absolute Gasteiger partial charge is 0.371 e. The number of carbonyl (C=O) groups excluding carboxylic acids is 1. The number of ether oxygens (including phenoxy) is 1. The Hall–Kier alpha value is -1.97. The van der Waals surface area contributed by atoms with Crippen LogP contribution in [0.2, 0.25) is 5.02 Å². The van der Waals surface area contributed by atoms with Crippen LogP contribution >= 0.6 is 11.6 Å². The van der Waals surface area contributed by atoms with Crippen molar-refractivity contribution in [3.63, 3.8) is 0 Å². The van der Waals surface area contributed by atoms with Gasteiger partial charge in [0.05, 0.1) is 17.6 Å². The summed E-state index contributed by atoms with van der Waals surface area (Å²) >= 11 is 5.93. The third kappa shape index (κ3) is 5.76. The second-order valence-corrected chi connectivity index (χ2v) is 8.58. The molecular weight excluding hydrogens is 402 g/mol. The summed E-state index contributed by atoms with van der Waals surface area (Å²) in [5, 5.41) is 8.51. The van der Waals surface area contributed by atoms with Gasteiger partial charge >= 0.3 is 0 Å². The van der Waals surface area contributed by atoms with Gasteiger partial charge in [-0.15, -0.1) is 0 Å². The predicted octanol–water partition coefficient (Wildman–Crippen LogP) is 2.39. The normalized spacial score (nSPS) is 18.0. The summed E-state index contributed by atoms with van der Waals surface area (Å²) in [6.45, 7) is 2.68. The highest BCUT2D eigenvalue weighted by Crippen LogP contribution is 2.23. The zero-order chi connectivity index (χ0) is 20.1. The Morgan fingerprint density at radius 1 is 1.18 bits per heavy atom. The van der Waals surface area contributed by atoms with Gasteiger partial charge in [0.25, 0.3) is 0 Å². The molecule has 0 unspecified atom stereocenters. The van der Waals surface area contributed by atoms with Crippen molar-refractivity contribution < 1.29 is 17.9 Å². The number of hydrogen-bond acceptors (Lipinski definition) is 5. The second-order valence-electron chi connectivity index (χ2n) is 6.58. The van der Waals surface area contributed by atoms with Gasteiger partial charge in [0.15, 0.2) is 0 Å². The number of nitrogens with zero attached hydrogens (tertiary/aromatic N) is 1. The third-order valence-electron chi connectivity index (χ3n) is 4.51. The lowest BCUT2D eigenvalue weighted by atomic mass is 10.1. The molecule has 9 heteroatoms. The molecule has 1 saturated heterocycles. The number of hydrogen-bond donors (Lipinski definition) is 2. The molecule has 0 radical (unpaired) electrons. The molecule has 1 atom stereocenters. The lowest BCUT2D eigenvalue weighted by molar-refractivity contribution is -0.117. The number of carbonyl (C=O) groups is 1. The number of nitrogens with two attached hydrogens (primary N) is 1. The molecule has 2 aromatic rings. The maximum atomic E-state index is 12.2. The van der Waals surface area contributed by atoms with Crippen molar-refractivity contribution >= 4 is 33.2 Å². The van der Waals surface area contributed by atoms with Gasteiger partial charge in [-0.3, -0.25) is 9.69 Å². The molecule has 3 N–H and O–H groups in total. The number of rotatable bonds is 6. The van der Waals surface area contributed by atoms with Crippen molar-refractivity contribution in [1.29, 1.82) is 0 Å². The Bertz CT molecular complexity index is 917. The number of primary sulfonamides is 1. The molecule has 3 rings (SSSR count). The van der Waals surface area contributed by atoms with E-state index in [2.05, 4.69) is 10.2 Å². The van der Waals surface area contributed by atoms with Gasteiger partial charge in [0, 0.05) is 36.8 Å². The fourth-order valence-corrected chi connectivity index (χ4v) is 3.64. The van der Waals surface area contributed by atoms with Crippen molar-refractivity contribution in [3.05, 3.63) is 59.1 Å². The highest BCUT2D eigenvalue weighted by molar-refractivity contribution is 7.89. The molecule has 0 aromatic heterocycles. The zero-order valence-corrected chi connectivity index (χ0v) is 16.7. The Kier molecular flexibility index (Phi) is 6.69. The van der Waals surface area contributed by atoms with E-state index in [4.69, 9.17) is 21.5 Å². The maximum absolute atomic E-state index is 12.2. The van der Waals surface area contributed by atoms with Crippen molar-refractivity contribution in [1.82, 2.24) is 4.90 Å². The quantitative estimate of drug-likeness (QED) is 0.742. The van der Waals surface area contributed by atoms with Gasteiger partial charge in [-0.2, -0.15) is 0 Å². The minimum absolute atomic E-state index is 0.00653. The molecule has 1 aliphatic heterocycles. The summed E-state index contributed by atoms with van der Waals surface area (Å²) in [6.07, 6.45) is 0.282. The van der Waals surface area contributed by atoms with Crippen LogP contribution in [0.15, 0.2) is 53.4 Å². The van der Waals surface area contributed by atoms with E-state index in [1.165, 1.54) is 24.3 Å². The average Bonchev–Trinajstić information content (AvgIpc) is 2.67. The number of amides is 1. The Balaban J connectivity index is 1.49. The van der Waals surface area contributed by atoms with Gasteiger partial charge in [-0.1, -0.05) is 23.7 Å². The molecule has 0 saturated carbocycles. The van der Waals surface area contributed by atoms with E-state index in [1.807, 2.05) is 24.3 Å². The average molecular weight is 424 g/mol. The van der Waals surface area contributed by atoms with Gasteiger partial charge in [0.1, 0.15) is 0 Å². The van der Waals surface area contributed by atoms with Gasteiger partial charge in [0.2, 0.25) is 15.9 Å². The topological polar surface area (TPSA) is 102 Å². The van der Waals surface area contributed by atoms with Crippen LogP contribution in [0.1, 0.15) is 18.1 Å². The Morgan fingerprint density at radius 3 is 2.50 bits per heavy atom. The van der Waals surface area contributed by atoms with Crippen molar-refractivity contribution in [2.45, 2.75) is 17.4 Å². The summed E-state index contributed by atoms with van der Waals surface area (Å²) in [7, 11) is -3.74. The molecule has 0 aliphatic carbocycles. The van der Waals surface area contributed by atoms with Crippen LogP contribution in [-0.4, -0.2) is 45.5 Å². The van der Waals surface area contributed by atoms with Crippen LogP contribution in [0.3, 0.4) is 0 Å². The first kappa shape index (κ1) is 20.8. The highest BCUT2D eigenvalue weighted by atomic mass is 35.5. The minimum atomic E-state index is -3.74. The molecular formula is C19H22ClN3O4S. The van der Waals surface area contributed by atoms with Gasteiger partial charge in [-0.25, -0.2) is 13.6 Å². The molecule has 0 spiro atoms. The first-order chi connectivity index (χ1) is 13.3. The smallest absolute Gasteiger partial charge is 0.238 e. The van der Waals surface area contributed by atoms with E-state index in [1.54, 1.807) is 0 Å². The number of morpholine rings is 1. The lowest BCUT2D eigenvalue weighted by Gasteiger charge is -2.33. The summed E-state index contributed by atoms with van der Waals surface area (Å²) in [5.41, 5.74) is 1.59. The summed E-state index contributed by atoms with van der Waals surface area (Å²) < 4.78 is 28.3. The SMILES string of the molecule is NS(=O)(=O)c1ccc(NC(=O)CCN2CCO[C@@H](c3ccc(Cl)cc3)C2)cc1. The first-order valence-electron chi connectivity index (χ1n) is 8.83. The van der Waals surface area contributed by atoms with Crippen molar-refractivity contribution in [2.24, 2.45) is 5.14 Å².